The molecule has 0 spiro atoms. The maximum Gasteiger partial charge on any atom is 0.222 e. The van der Waals surface area contributed by atoms with Gasteiger partial charge in [0, 0.05) is 37.3 Å². The van der Waals surface area contributed by atoms with Crippen LogP contribution in [0.3, 0.4) is 0 Å². The van der Waals surface area contributed by atoms with E-state index in [4.69, 9.17) is 0 Å². The molecular weight excluding hydrogens is 376 g/mol. The van der Waals surface area contributed by atoms with Crippen LogP contribution in [-0.2, 0) is 25.6 Å². The molecule has 4 aliphatic rings. The highest BCUT2D eigenvalue weighted by Crippen LogP contribution is 2.42. The molecule has 26 heavy (non-hydrogen) atoms. The van der Waals surface area contributed by atoms with Crippen molar-refractivity contribution in [3.05, 3.63) is 17.5 Å². The maximum atomic E-state index is 12.7. The van der Waals surface area contributed by atoms with E-state index in [1.165, 1.54) is 17.1 Å². The smallest absolute Gasteiger partial charge is 0.222 e. The molecule has 3 heterocycles. The molecule has 2 aliphatic carbocycles. The summed E-state index contributed by atoms with van der Waals surface area (Å²) in [5, 5.41) is 2.20. The summed E-state index contributed by atoms with van der Waals surface area (Å²) >= 11 is 0. The van der Waals surface area contributed by atoms with Crippen molar-refractivity contribution in [2.24, 2.45) is 5.92 Å². The predicted octanol–water partition coefficient (Wildman–Crippen LogP) is 0.487. The summed E-state index contributed by atoms with van der Waals surface area (Å²) in [6.45, 7) is 1.09. The van der Waals surface area contributed by atoms with Gasteiger partial charge in [-0.3, -0.25) is 0 Å². The van der Waals surface area contributed by atoms with Gasteiger partial charge in [0.2, 0.25) is 16.0 Å². The van der Waals surface area contributed by atoms with Gasteiger partial charge in [-0.1, -0.05) is 0 Å². The van der Waals surface area contributed by atoms with Crippen molar-refractivity contribution in [3.63, 3.8) is 0 Å². The second kappa shape index (κ2) is 5.62. The zero-order valence-electron chi connectivity index (χ0n) is 14.3. The van der Waals surface area contributed by atoms with E-state index in [9.17, 15) is 16.8 Å². The summed E-state index contributed by atoms with van der Waals surface area (Å²) in [5.41, 5.74) is 1.31. The molecule has 8 nitrogen and oxygen atoms in total. The van der Waals surface area contributed by atoms with Crippen LogP contribution in [0, 0.1) is 5.92 Å². The number of sulfonamides is 1. The first-order valence-corrected chi connectivity index (χ1v) is 12.4. The molecule has 1 N–H and O–H groups in total. The van der Waals surface area contributed by atoms with Crippen molar-refractivity contribution < 1.29 is 16.8 Å². The quantitative estimate of drug-likeness (QED) is 0.768. The van der Waals surface area contributed by atoms with Gasteiger partial charge in [-0.15, -0.1) is 0 Å². The zero-order chi connectivity index (χ0) is 18.1. The lowest BCUT2D eigenvalue weighted by Gasteiger charge is -2.26. The van der Waals surface area contributed by atoms with Crippen LogP contribution in [0.5, 0.6) is 0 Å². The second-order valence-electron chi connectivity index (χ2n) is 7.94. The first-order valence-electron chi connectivity index (χ1n) is 9.15. The molecule has 1 aromatic rings. The number of hydrogen-bond acceptors (Lipinski definition) is 7. The van der Waals surface area contributed by atoms with E-state index in [1.54, 1.807) is 6.20 Å². The monoisotopic (exact) mass is 398 g/mol. The molecule has 2 atom stereocenters. The van der Waals surface area contributed by atoms with Crippen molar-refractivity contribution in [2.45, 2.75) is 47.9 Å². The number of fused-ring (bicyclic) bond motifs is 3. The highest BCUT2D eigenvalue weighted by Gasteiger charge is 2.52. The third kappa shape index (κ3) is 2.82. The molecule has 1 aromatic heterocycles. The molecule has 0 aromatic carbocycles. The standard InChI is InChI=1S/C16H22N4O4S2/c21-25(22)9-11-6-18-16(17-5-10-1-2-10)19-15(11)13-7-20(8-14(13)25)26(23,24)12-3-4-12/h6,10,12-14H,1-5,7-9H2,(H,17,18,19)/t13-,14+/m0/s1. The van der Waals surface area contributed by atoms with Crippen LogP contribution in [0.15, 0.2) is 6.20 Å². The molecule has 0 amide bonds. The molecule has 10 heteroatoms. The van der Waals surface area contributed by atoms with Crippen LogP contribution in [0.4, 0.5) is 5.95 Å². The Balaban J connectivity index is 1.47. The van der Waals surface area contributed by atoms with Crippen molar-refractivity contribution in [2.75, 3.05) is 25.0 Å². The van der Waals surface area contributed by atoms with Gasteiger partial charge >= 0.3 is 0 Å². The van der Waals surface area contributed by atoms with Gasteiger partial charge in [0.15, 0.2) is 9.84 Å². The minimum absolute atomic E-state index is 0.0557. The summed E-state index contributed by atoms with van der Waals surface area (Å²) in [6.07, 6.45) is 5.37. The van der Waals surface area contributed by atoms with E-state index in [0.717, 1.165) is 6.54 Å². The number of anilines is 1. The highest BCUT2D eigenvalue weighted by molar-refractivity contribution is 7.92. The van der Waals surface area contributed by atoms with Gasteiger partial charge in [0.1, 0.15) is 0 Å². The minimum atomic E-state index is -3.41. The number of nitrogens with zero attached hydrogens (tertiary/aromatic N) is 3. The Morgan fingerprint density at radius 1 is 1.19 bits per heavy atom. The van der Waals surface area contributed by atoms with E-state index >= 15 is 0 Å². The fourth-order valence-electron chi connectivity index (χ4n) is 3.97. The number of aromatic nitrogens is 2. The lowest BCUT2D eigenvalue weighted by Crippen LogP contribution is -2.36. The molecule has 2 saturated carbocycles. The van der Waals surface area contributed by atoms with Crippen molar-refractivity contribution >= 4 is 25.8 Å². The lowest BCUT2D eigenvalue weighted by molar-refractivity contribution is 0.471. The maximum absolute atomic E-state index is 12.7. The fraction of sp³-hybridized carbons (Fsp3) is 0.750. The van der Waals surface area contributed by atoms with Gasteiger partial charge in [-0.05, 0) is 31.6 Å². The highest BCUT2D eigenvalue weighted by atomic mass is 32.2. The average Bonchev–Trinajstić information content (AvgIpc) is 3.50. The van der Waals surface area contributed by atoms with Crippen molar-refractivity contribution in [3.8, 4) is 0 Å². The molecule has 1 saturated heterocycles. The molecule has 0 radical (unpaired) electrons. The summed E-state index contributed by atoms with van der Waals surface area (Å²) in [5.74, 6) is 0.677. The Morgan fingerprint density at radius 3 is 2.65 bits per heavy atom. The fourth-order valence-corrected chi connectivity index (χ4v) is 7.95. The summed E-state index contributed by atoms with van der Waals surface area (Å²) in [4.78, 5) is 8.85. The van der Waals surface area contributed by atoms with Crippen molar-refractivity contribution in [1.82, 2.24) is 14.3 Å². The molecule has 3 fully saturated rings. The van der Waals surface area contributed by atoms with E-state index in [0.29, 0.717) is 36.0 Å². The Bertz CT molecular complexity index is 954. The molecule has 0 bridgehead atoms. The van der Waals surface area contributed by atoms with E-state index in [-0.39, 0.29) is 24.1 Å². The third-order valence-corrected chi connectivity index (χ3v) is 10.3. The largest absolute Gasteiger partial charge is 0.354 e. The van der Waals surface area contributed by atoms with Crippen molar-refractivity contribution in [1.29, 1.82) is 0 Å². The molecule has 0 unspecified atom stereocenters. The van der Waals surface area contributed by atoms with E-state index in [2.05, 4.69) is 15.3 Å². The van der Waals surface area contributed by atoms with Gasteiger partial charge in [-0.2, -0.15) is 4.31 Å². The zero-order valence-corrected chi connectivity index (χ0v) is 16.0. The summed E-state index contributed by atoms with van der Waals surface area (Å²) < 4.78 is 52.0. The first-order chi connectivity index (χ1) is 12.3. The third-order valence-electron chi connectivity index (χ3n) is 5.85. The lowest BCUT2D eigenvalue weighted by atomic mass is 10.00. The molecule has 5 rings (SSSR count). The number of nitrogens with one attached hydrogen (secondary N) is 1. The first kappa shape index (κ1) is 16.9. The average molecular weight is 399 g/mol. The van der Waals surface area contributed by atoms with Gasteiger partial charge in [-0.25, -0.2) is 26.8 Å². The van der Waals surface area contributed by atoms with Crippen LogP contribution in [-0.4, -0.2) is 61.2 Å². The Labute approximate surface area is 153 Å². The molecule has 142 valence electrons. The van der Waals surface area contributed by atoms with Crippen LogP contribution in [0.25, 0.3) is 0 Å². The predicted molar refractivity (Wildman–Crippen MR) is 95.9 cm³/mol. The van der Waals surface area contributed by atoms with Crippen LogP contribution >= 0.6 is 0 Å². The Kier molecular flexibility index (Phi) is 3.65. The number of sulfone groups is 1. The van der Waals surface area contributed by atoms with E-state index in [1.807, 2.05) is 0 Å². The number of rotatable bonds is 5. The van der Waals surface area contributed by atoms with Crippen LogP contribution in [0.1, 0.15) is 42.9 Å². The summed E-state index contributed by atoms with van der Waals surface area (Å²) in [6, 6.07) is 0. The Morgan fingerprint density at radius 2 is 1.96 bits per heavy atom. The topological polar surface area (TPSA) is 109 Å². The normalized spacial score (nSPS) is 30.6. The summed E-state index contributed by atoms with van der Waals surface area (Å²) in [7, 11) is -6.80. The Hall–Kier alpha value is -1.26. The minimum Gasteiger partial charge on any atom is -0.354 e. The SMILES string of the molecule is O=S1(=O)Cc2cnc(NCC3CC3)nc2[C@H]2CN(S(=O)(=O)C3CC3)C[C@H]21. The van der Waals surface area contributed by atoms with E-state index < -0.39 is 31.0 Å². The van der Waals surface area contributed by atoms with Crippen LogP contribution < -0.4 is 5.32 Å². The van der Waals surface area contributed by atoms with Gasteiger partial charge in [0.05, 0.1) is 21.9 Å². The second-order valence-corrected chi connectivity index (χ2v) is 12.4. The molecular formula is C16H22N4O4S2. The van der Waals surface area contributed by atoms with Gasteiger partial charge < -0.3 is 5.32 Å². The van der Waals surface area contributed by atoms with Crippen LogP contribution in [0.2, 0.25) is 0 Å². The van der Waals surface area contributed by atoms with Gasteiger partial charge in [0.25, 0.3) is 0 Å². The number of hydrogen-bond donors (Lipinski definition) is 1. The molecule has 2 aliphatic heterocycles.